The van der Waals surface area contributed by atoms with Gasteiger partial charge in [-0.1, -0.05) is 24.3 Å². The minimum Gasteiger partial charge on any atom is -0.370 e. The highest BCUT2D eigenvalue weighted by molar-refractivity contribution is 6.05. The summed E-state index contributed by atoms with van der Waals surface area (Å²) < 4.78 is 29.8. The highest BCUT2D eigenvalue weighted by Gasteiger charge is 2.22. The molecule has 36 heavy (non-hydrogen) atoms. The van der Waals surface area contributed by atoms with Crippen molar-refractivity contribution >= 4 is 34.7 Å². The number of nitrogens with one attached hydrogen (secondary N) is 3. The van der Waals surface area contributed by atoms with Crippen LogP contribution in [-0.2, 0) is 0 Å². The number of aryl methyl sites for hydroxylation is 1. The first kappa shape index (κ1) is 24.9. The van der Waals surface area contributed by atoms with Crippen LogP contribution in [0.4, 0.5) is 14.5 Å². The van der Waals surface area contributed by atoms with Crippen LogP contribution in [0.3, 0.4) is 0 Å². The minimum absolute atomic E-state index is 0.0419. The Labute approximate surface area is 208 Å². The van der Waals surface area contributed by atoms with Crippen LogP contribution < -0.4 is 16.8 Å². The van der Waals surface area contributed by atoms with E-state index >= 15 is 0 Å². The summed E-state index contributed by atoms with van der Waals surface area (Å²) in [7, 11) is 0. The van der Waals surface area contributed by atoms with Crippen molar-refractivity contribution in [3.05, 3.63) is 76.4 Å². The lowest BCUT2D eigenvalue weighted by molar-refractivity contribution is 0.102. The van der Waals surface area contributed by atoms with E-state index in [1.807, 2.05) is 18.2 Å². The molecule has 2 aliphatic rings. The molecule has 0 aliphatic carbocycles. The van der Waals surface area contributed by atoms with Gasteiger partial charge in [-0.15, -0.1) is 0 Å². The van der Waals surface area contributed by atoms with Crippen LogP contribution in [0.15, 0.2) is 42.5 Å². The zero-order valence-corrected chi connectivity index (χ0v) is 20.0. The van der Waals surface area contributed by atoms with Crippen molar-refractivity contribution in [1.82, 2.24) is 9.80 Å². The number of rotatable bonds is 4. The second kappa shape index (κ2) is 10.2. The number of guanidine groups is 2. The average Bonchev–Trinajstić information content (AvgIpc) is 2.87. The molecule has 2 aromatic rings. The first-order valence-electron chi connectivity index (χ1n) is 11.6. The van der Waals surface area contributed by atoms with E-state index in [-0.39, 0.29) is 23.2 Å². The number of halogens is 2. The van der Waals surface area contributed by atoms with Gasteiger partial charge in [0.2, 0.25) is 0 Å². The molecule has 188 valence electrons. The van der Waals surface area contributed by atoms with Gasteiger partial charge < -0.3 is 26.6 Å². The average molecular weight is 494 g/mol. The molecule has 0 saturated heterocycles. The minimum atomic E-state index is -1.12. The van der Waals surface area contributed by atoms with Crippen molar-refractivity contribution in [1.29, 1.82) is 10.8 Å². The Morgan fingerprint density at radius 1 is 0.917 bits per heavy atom. The lowest BCUT2D eigenvalue weighted by Crippen LogP contribution is -2.39. The van der Waals surface area contributed by atoms with Gasteiger partial charge in [-0.25, -0.2) is 8.78 Å². The molecule has 0 fully saturated rings. The van der Waals surface area contributed by atoms with Crippen molar-refractivity contribution in [3.63, 3.8) is 0 Å². The molecule has 0 spiro atoms. The summed E-state index contributed by atoms with van der Waals surface area (Å²) in [5.74, 6) is -2.69. The van der Waals surface area contributed by atoms with Gasteiger partial charge in [0.1, 0.15) is 0 Å². The van der Waals surface area contributed by atoms with Crippen molar-refractivity contribution < 1.29 is 13.6 Å². The molecule has 10 heteroatoms. The van der Waals surface area contributed by atoms with Gasteiger partial charge in [0.25, 0.3) is 5.91 Å². The molecule has 1 amide bonds. The normalized spacial score (nSPS) is 15.8. The first-order chi connectivity index (χ1) is 17.2. The summed E-state index contributed by atoms with van der Waals surface area (Å²) in [4.78, 5) is 16.3. The monoisotopic (exact) mass is 493 g/mol. The van der Waals surface area contributed by atoms with Crippen LogP contribution in [0, 0.1) is 29.4 Å². The largest absolute Gasteiger partial charge is 0.370 e. The number of hydrogen-bond donors (Lipinski definition) is 5. The summed E-state index contributed by atoms with van der Waals surface area (Å²) in [6.45, 7) is 3.80. The Morgan fingerprint density at radius 2 is 1.53 bits per heavy atom. The topological polar surface area (TPSA) is 135 Å². The van der Waals surface area contributed by atoms with Crippen LogP contribution in [-0.4, -0.2) is 53.8 Å². The third-order valence-electron chi connectivity index (χ3n) is 6.62. The third-order valence-corrected chi connectivity index (χ3v) is 6.62. The Kier molecular flexibility index (Phi) is 7.05. The molecule has 0 aromatic heterocycles. The van der Waals surface area contributed by atoms with Gasteiger partial charge in [0.15, 0.2) is 23.6 Å². The smallest absolute Gasteiger partial charge is 0.256 e. The maximum atomic E-state index is 14.9. The maximum absolute atomic E-state index is 14.9. The molecule has 0 saturated carbocycles. The molecule has 2 aromatic carbocycles. The van der Waals surface area contributed by atoms with Crippen molar-refractivity contribution in [2.24, 2.45) is 11.5 Å². The second-order valence-electron chi connectivity index (χ2n) is 8.89. The van der Waals surface area contributed by atoms with E-state index in [9.17, 15) is 13.6 Å². The molecule has 0 bridgehead atoms. The number of benzene rings is 2. The number of amides is 1. The van der Waals surface area contributed by atoms with Crippen molar-refractivity contribution in [3.8, 4) is 0 Å². The van der Waals surface area contributed by atoms with Crippen LogP contribution in [0.1, 0.15) is 39.9 Å². The van der Waals surface area contributed by atoms with Gasteiger partial charge in [-0.2, -0.15) is 0 Å². The SMILES string of the molecule is Cc1cc(C2=CCN(C(=N)N)CC2)ccc1C(=O)Nc1ccc(C2=CCN(C(=N)N)CC2)c(F)c1F. The standard InChI is InChI=1S/C26H29F2N7O/c1-15-14-18(16-6-10-34(11-7-16)25(29)30)2-3-19(15)24(36)33-21-5-4-20(22(27)23(21)28)17-8-12-35(13-9-17)26(31)32/h2-6,8,14H,7,9-13H2,1H3,(H3,29,30)(H3,31,32)(H,33,36). The predicted octanol–water partition coefficient (Wildman–Crippen LogP) is 3.49. The zero-order chi connectivity index (χ0) is 26.0. The highest BCUT2D eigenvalue weighted by atomic mass is 19.2. The molecule has 7 N–H and O–H groups in total. The fourth-order valence-electron chi connectivity index (χ4n) is 4.48. The summed E-state index contributed by atoms with van der Waals surface area (Å²) in [6.07, 6.45) is 4.89. The zero-order valence-electron chi connectivity index (χ0n) is 20.0. The van der Waals surface area contributed by atoms with E-state index in [1.54, 1.807) is 28.9 Å². The first-order valence-corrected chi connectivity index (χ1v) is 11.6. The number of nitrogens with zero attached hydrogens (tertiary/aromatic N) is 2. The fraction of sp³-hybridized carbons (Fsp3) is 0.269. The van der Waals surface area contributed by atoms with Crippen LogP contribution in [0.2, 0.25) is 0 Å². The van der Waals surface area contributed by atoms with E-state index in [4.69, 9.17) is 22.3 Å². The summed E-state index contributed by atoms with van der Waals surface area (Å²) in [6, 6.07) is 8.22. The van der Waals surface area contributed by atoms with Gasteiger partial charge in [0.05, 0.1) is 5.69 Å². The fourth-order valence-corrected chi connectivity index (χ4v) is 4.48. The van der Waals surface area contributed by atoms with Crippen LogP contribution in [0.25, 0.3) is 11.1 Å². The molecule has 2 heterocycles. The Hall–Kier alpha value is -4.21. The Balaban J connectivity index is 1.48. The van der Waals surface area contributed by atoms with Crippen molar-refractivity contribution in [2.45, 2.75) is 19.8 Å². The lowest BCUT2D eigenvalue weighted by Gasteiger charge is -2.27. The van der Waals surface area contributed by atoms with E-state index in [0.717, 1.165) is 17.6 Å². The van der Waals surface area contributed by atoms with E-state index in [1.165, 1.54) is 12.1 Å². The molecule has 0 atom stereocenters. The Morgan fingerprint density at radius 3 is 2.06 bits per heavy atom. The van der Waals surface area contributed by atoms with Crippen LogP contribution >= 0.6 is 0 Å². The number of carbonyl (C=O) groups is 1. The van der Waals surface area contributed by atoms with Gasteiger partial charge in [-0.3, -0.25) is 15.6 Å². The van der Waals surface area contributed by atoms with Crippen LogP contribution in [0.5, 0.6) is 0 Å². The number of anilines is 1. The van der Waals surface area contributed by atoms with E-state index < -0.39 is 17.5 Å². The molecule has 0 radical (unpaired) electrons. The molecule has 8 nitrogen and oxygen atoms in total. The molecule has 4 rings (SSSR count). The third kappa shape index (κ3) is 5.07. The Bertz CT molecular complexity index is 1300. The number of nitrogens with two attached hydrogens (primary N) is 2. The summed E-state index contributed by atoms with van der Waals surface area (Å²) >= 11 is 0. The molecule has 0 unspecified atom stereocenters. The summed E-state index contributed by atoms with van der Waals surface area (Å²) in [5.41, 5.74) is 14.7. The number of carbonyl (C=O) groups excluding carboxylic acids is 1. The van der Waals surface area contributed by atoms with Crippen molar-refractivity contribution in [2.75, 3.05) is 31.5 Å². The lowest BCUT2D eigenvalue weighted by atomic mass is 9.95. The summed E-state index contributed by atoms with van der Waals surface area (Å²) in [5, 5.41) is 17.5. The van der Waals surface area contributed by atoms with E-state index in [2.05, 4.69) is 5.32 Å². The maximum Gasteiger partial charge on any atom is 0.256 e. The molecular formula is C26H29F2N7O. The van der Waals surface area contributed by atoms with Gasteiger partial charge in [0, 0.05) is 37.3 Å². The predicted molar refractivity (Wildman–Crippen MR) is 138 cm³/mol. The number of hydrogen-bond acceptors (Lipinski definition) is 3. The van der Waals surface area contributed by atoms with E-state index in [0.29, 0.717) is 49.3 Å². The molecule has 2 aliphatic heterocycles. The van der Waals surface area contributed by atoms with Gasteiger partial charge in [-0.05, 0) is 60.2 Å². The highest BCUT2D eigenvalue weighted by Crippen LogP contribution is 2.30. The second-order valence-corrected chi connectivity index (χ2v) is 8.89. The van der Waals surface area contributed by atoms with Gasteiger partial charge >= 0.3 is 0 Å². The quantitative estimate of drug-likeness (QED) is 0.328. The molecular weight excluding hydrogens is 464 g/mol.